The first-order valence-corrected chi connectivity index (χ1v) is 13.1. The van der Waals surface area contributed by atoms with Crippen LogP contribution in [0.4, 0.5) is 0 Å². The first kappa shape index (κ1) is 23.5. The molecule has 1 aliphatic rings. The molecular weight excluding hydrogens is 462 g/mol. The van der Waals surface area contributed by atoms with Crippen LogP contribution >= 0.6 is 11.6 Å². The highest BCUT2D eigenvalue weighted by Gasteiger charge is 2.27. The number of carbonyl (C=O) groups excluding carboxylic acids is 1. The van der Waals surface area contributed by atoms with E-state index in [1.54, 1.807) is 22.8 Å². The monoisotopic (exact) mass is 487 g/mol. The Morgan fingerprint density at radius 3 is 2.64 bits per heavy atom. The van der Waals surface area contributed by atoms with Crippen molar-refractivity contribution in [2.75, 3.05) is 25.6 Å². The van der Waals surface area contributed by atoms with Crippen LogP contribution in [-0.2, 0) is 22.9 Å². The number of carbonyl (C=O) groups is 1. The van der Waals surface area contributed by atoms with Crippen LogP contribution in [0.2, 0.25) is 5.02 Å². The average molecular weight is 488 g/mol. The van der Waals surface area contributed by atoms with Gasteiger partial charge in [-0.15, -0.1) is 0 Å². The summed E-state index contributed by atoms with van der Waals surface area (Å²) in [6.45, 7) is 1.16. The van der Waals surface area contributed by atoms with E-state index in [-0.39, 0.29) is 22.9 Å². The van der Waals surface area contributed by atoms with E-state index >= 15 is 0 Å². The Balaban J connectivity index is 1.63. The molecule has 1 unspecified atom stereocenters. The molecular formula is C24H26ClN3O4S. The average Bonchev–Trinajstić information content (AvgIpc) is 2.78. The van der Waals surface area contributed by atoms with Crippen molar-refractivity contribution in [1.82, 2.24) is 14.8 Å². The van der Waals surface area contributed by atoms with Gasteiger partial charge in [-0.25, -0.2) is 8.42 Å². The molecule has 9 heteroatoms. The molecule has 0 spiro atoms. The first-order chi connectivity index (χ1) is 15.6. The first-order valence-electron chi connectivity index (χ1n) is 10.7. The zero-order valence-electron chi connectivity index (χ0n) is 18.5. The number of hydrogen-bond donors (Lipinski definition) is 1. The Labute approximate surface area is 197 Å². The summed E-state index contributed by atoms with van der Waals surface area (Å²) in [6.07, 6.45) is 1.89. The van der Waals surface area contributed by atoms with Gasteiger partial charge < -0.3 is 9.88 Å². The third-order valence-corrected chi connectivity index (χ3v) is 7.26. The zero-order valence-corrected chi connectivity index (χ0v) is 20.1. The lowest BCUT2D eigenvalue weighted by Crippen LogP contribution is -2.38. The number of para-hydroxylation sites is 1. The fourth-order valence-electron chi connectivity index (χ4n) is 4.33. The van der Waals surface area contributed by atoms with E-state index in [0.717, 1.165) is 22.0 Å². The van der Waals surface area contributed by atoms with Crippen LogP contribution in [0.1, 0.15) is 33.9 Å². The van der Waals surface area contributed by atoms with Gasteiger partial charge in [0.2, 0.25) is 0 Å². The van der Waals surface area contributed by atoms with E-state index in [4.69, 9.17) is 11.6 Å². The Bertz CT molecular complexity index is 1370. The highest BCUT2D eigenvalue weighted by Crippen LogP contribution is 2.34. The highest BCUT2D eigenvalue weighted by atomic mass is 35.5. The summed E-state index contributed by atoms with van der Waals surface area (Å²) in [4.78, 5) is 28.1. The SMILES string of the molecule is CN(CCS(C)(=O)=O)C1CCn2c(=O)c(C(=O)NCc3ccc(Cl)cc3)cc3cccc1c32. The molecule has 33 heavy (non-hydrogen) atoms. The highest BCUT2D eigenvalue weighted by molar-refractivity contribution is 7.90. The van der Waals surface area contributed by atoms with Crippen molar-refractivity contribution < 1.29 is 13.2 Å². The number of amides is 1. The molecule has 0 saturated carbocycles. The molecule has 1 aromatic heterocycles. The zero-order chi connectivity index (χ0) is 23.8. The van der Waals surface area contributed by atoms with E-state index in [1.165, 1.54) is 6.26 Å². The molecule has 1 amide bonds. The summed E-state index contributed by atoms with van der Waals surface area (Å²) >= 11 is 5.90. The number of nitrogens with zero attached hydrogens (tertiary/aromatic N) is 2. The van der Waals surface area contributed by atoms with Crippen molar-refractivity contribution in [2.24, 2.45) is 0 Å². The Kier molecular flexibility index (Phi) is 6.61. The third kappa shape index (κ3) is 5.13. The molecule has 7 nitrogen and oxygen atoms in total. The molecule has 1 aliphatic heterocycles. The number of aryl methyl sites for hydroxylation is 1. The molecule has 174 valence electrons. The van der Waals surface area contributed by atoms with Gasteiger partial charge in [0, 0.05) is 37.0 Å². The summed E-state index contributed by atoms with van der Waals surface area (Å²) in [5.74, 6) is -0.339. The molecule has 2 heterocycles. The Morgan fingerprint density at radius 1 is 1.21 bits per heavy atom. The smallest absolute Gasteiger partial charge is 0.263 e. The molecule has 0 bridgehead atoms. The summed E-state index contributed by atoms with van der Waals surface area (Å²) in [7, 11) is -1.16. The molecule has 1 atom stereocenters. The van der Waals surface area contributed by atoms with Gasteiger partial charge in [0.1, 0.15) is 15.4 Å². The largest absolute Gasteiger partial charge is 0.348 e. The number of hydrogen-bond acceptors (Lipinski definition) is 5. The molecule has 0 radical (unpaired) electrons. The van der Waals surface area contributed by atoms with Crippen LogP contribution in [0.3, 0.4) is 0 Å². The maximum absolute atomic E-state index is 13.2. The fraction of sp³-hybridized carbons (Fsp3) is 0.333. The topological polar surface area (TPSA) is 88.5 Å². The van der Waals surface area contributed by atoms with E-state index in [9.17, 15) is 18.0 Å². The number of pyridine rings is 1. The van der Waals surface area contributed by atoms with Crippen LogP contribution in [0.15, 0.2) is 53.3 Å². The van der Waals surface area contributed by atoms with Crippen molar-refractivity contribution in [3.8, 4) is 0 Å². The van der Waals surface area contributed by atoms with Crippen LogP contribution < -0.4 is 10.9 Å². The van der Waals surface area contributed by atoms with E-state index < -0.39 is 15.7 Å². The number of rotatable bonds is 7. The molecule has 4 rings (SSSR count). The van der Waals surface area contributed by atoms with E-state index in [1.807, 2.05) is 42.3 Å². The second-order valence-electron chi connectivity index (χ2n) is 8.52. The van der Waals surface area contributed by atoms with Crippen LogP contribution in [0.5, 0.6) is 0 Å². The maximum atomic E-state index is 13.2. The quantitative estimate of drug-likeness (QED) is 0.553. The molecule has 0 aliphatic carbocycles. The van der Waals surface area contributed by atoms with Gasteiger partial charge in [-0.05, 0) is 48.2 Å². The van der Waals surface area contributed by atoms with E-state index in [2.05, 4.69) is 5.32 Å². The van der Waals surface area contributed by atoms with Crippen molar-refractivity contribution in [1.29, 1.82) is 0 Å². The molecule has 2 aromatic carbocycles. The second-order valence-corrected chi connectivity index (χ2v) is 11.2. The lowest BCUT2D eigenvalue weighted by molar-refractivity contribution is 0.0949. The van der Waals surface area contributed by atoms with Gasteiger partial charge >= 0.3 is 0 Å². The predicted octanol–water partition coefficient (Wildman–Crippen LogP) is 3.01. The predicted molar refractivity (Wildman–Crippen MR) is 131 cm³/mol. The van der Waals surface area contributed by atoms with E-state index in [0.29, 0.717) is 31.1 Å². The number of sulfone groups is 1. The van der Waals surface area contributed by atoms with Crippen LogP contribution in [0.25, 0.3) is 10.9 Å². The lowest BCUT2D eigenvalue weighted by Gasteiger charge is -2.33. The van der Waals surface area contributed by atoms with Crippen molar-refractivity contribution in [2.45, 2.75) is 25.6 Å². The van der Waals surface area contributed by atoms with Crippen LogP contribution in [-0.4, -0.2) is 49.4 Å². The molecule has 0 fully saturated rings. The lowest BCUT2D eigenvalue weighted by atomic mass is 9.94. The standard InChI is InChI=1S/C24H26ClN3O4S/c1-27(12-13-33(2,31)32)21-10-11-28-22-17(4-3-5-19(21)22)14-20(24(28)30)23(29)26-15-16-6-8-18(25)9-7-16/h3-9,14,21H,10-13,15H2,1-2H3,(H,26,29). The van der Waals surface area contributed by atoms with Gasteiger partial charge in [0.25, 0.3) is 11.5 Å². The Hall–Kier alpha value is -2.68. The van der Waals surface area contributed by atoms with Gasteiger partial charge in [-0.2, -0.15) is 0 Å². The Morgan fingerprint density at radius 2 is 1.94 bits per heavy atom. The third-order valence-electron chi connectivity index (χ3n) is 6.09. The van der Waals surface area contributed by atoms with Crippen molar-refractivity contribution in [3.63, 3.8) is 0 Å². The van der Waals surface area contributed by atoms with Gasteiger partial charge in [0.05, 0.1) is 11.3 Å². The van der Waals surface area contributed by atoms with Crippen molar-refractivity contribution in [3.05, 3.63) is 80.6 Å². The number of halogens is 1. The summed E-state index contributed by atoms with van der Waals surface area (Å²) < 4.78 is 24.9. The molecule has 1 N–H and O–H groups in total. The second kappa shape index (κ2) is 9.29. The normalized spacial score (nSPS) is 15.7. The van der Waals surface area contributed by atoms with Crippen LogP contribution in [0, 0.1) is 0 Å². The minimum atomic E-state index is -3.07. The molecule has 3 aromatic rings. The number of nitrogens with one attached hydrogen (secondary N) is 1. The minimum absolute atomic E-state index is 0.000527. The number of aromatic nitrogens is 1. The molecule has 0 saturated heterocycles. The number of benzene rings is 2. The van der Waals surface area contributed by atoms with Crippen molar-refractivity contribution >= 4 is 38.2 Å². The minimum Gasteiger partial charge on any atom is -0.348 e. The van der Waals surface area contributed by atoms with Gasteiger partial charge in [-0.3, -0.25) is 14.5 Å². The summed E-state index contributed by atoms with van der Waals surface area (Å²) in [6, 6.07) is 14.6. The fourth-order valence-corrected chi connectivity index (χ4v) is 5.07. The summed E-state index contributed by atoms with van der Waals surface area (Å²) in [5.41, 5.74) is 2.45. The maximum Gasteiger partial charge on any atom is 0.263 e. The van der Waals surface area contributed by atoms with Gasteiger partial charge in [0.15, 0.2) is 0 Å². The van der Waals surface area contributed by atoms with Gasteiger partial charge in [-0.1, -0.05) is 41.9 Å². The summed E-state index contributed by atoms with van der Waals surface area (Å²) in [5, 5.41) is 4.25.